The maximum Gasteiger partial charge on any atom is 0.227 e. The Labute approximate surface area is 178 Å². The quantitative estimate of drug-likeness (QED) is 0.657. The number of imidazole rings is 1. The largest absolute Gasteiger partial charge is 0.347 e. The number of nitrogens with one attached hydrogen (secondary N) is 1. The lowest BCUT2D eigenvalue weighted by Crippen LogP contribution is -2.37. The van der Waals surface area contributed by atoms with Crippen LogP contribution in [0.5, 0.6) is 0 Å². The van der Waals surface area contributed by atoms with Gasteiger partial charge in [-0.05, 0) is 30.0 Å². The molecule has 3 aromatic rings. The van der Waals surface area contributed by atoms with Gasteiger partial charge in [-0.2, -0.15) is 0 Å². The fourth-order valence-electron chi connectivity index (χ4n) is 4.28. The minimum absolute atomic E-state index is 0.0696. The maximum absolute atomic E-state index is 13.4. The number of pyridine rings is 1. The third kappa shape index (κ3) is 4.76. The van der Waals surface area contributed by atoms with E-state index in [4.69, 9.17) is 0 Å². The van der Waals surface area contributed by atoms with E-state index in [9.17, 15) is 4.79 Å². The molecule has 4 rings (SSSR count). The first-order chi connectivity index (χ1) is 14.7. The summed E-state index contributed by atoms with van der Waals surface area (Å²) in [4.78, 5) is 29.4. The minimum atomic E-state index is -0.0696. The van der Waals surface area contributed by atoms with Gasteiger partial charge in [0.05, 0.1) is 12.2 Å². The predicted molar refractivity (Wildman–Crippen MR) is 118 cm³/mol. The smallest absolute Gasteiger partial charge is 0.227 e. The van der Waals surface area contributed by atoms with Crippen molar-refractivity contribution in [2.24, 2.45) is 5.92 Å². The summed E-state index contributed by atoms with van der Waals surface area (Å²) in [6.07, 6.45) is 8.96. The molecule has 1 saturated heterocycles. The molecule has 1 aliphatic heterocycles. The Kier molecular flexibility index (Phi) is 6.54. The van der Waals surface area contributed by atoms with Crippen molar-refractivity contribution in [3.05, 3.63) is 72.6 Å². The van der Waals surface area contributed by atoms with Crippen molar-refractivity contribution in [2.45, 2.75) is 26.3 Å². The van der Waals surface area contributed by atoms with Crippen LogP contribution in [0.1, 0.15) is 24.6 Å². The molecule has 0 radical (unpaired) electrons. The molecule has 0 saturated carbocycles. The van der Waals surface area contributed by atoms with Gasteiger partial charge in [-0.3, -0.25) is 14.7 Å². The number of hydrogen-bond acceptors (Lipinski definition) is 4. The molecule has 30 heavy (non-hydrogen) atoms. The normalized spacial score (nSPS) is 17.8. The number of benzene rings is 1. The van der Waals surface area contributed by atoms with Crippen LogP contribution >= 0.6 is 0 Å². The monoisotopic (exact) mass is 403 g/mol. The summed E-state index contributed by atoms with van der Waals surface area (Å²) >= 11 is 0. The van der Waals surface area contributed by atoms with Crippen LogP contribution in [0.15, 0.2) is 61.3 Å². The molecule has 1 fully saturated rings. The molecule has 156 valence electrons. The van der Waals surface area contributed by atoms with E-state index in [-0.39, 0.29) is 11.8 Å². The average molecular weight is 404 g/mol. The molecule has 1 amide bonds. The predicted octanol–water partition coefficient (Wildman–Crippen LogP) is 3.38. The second-order valence-electron chi connectivity index (χ2n) is 7.94. The third-order valence-corrected chi connectivity index (χ3v) is 5.72. The van der Waals surface area contributed by atoms with Crippen LogP contribution in [-0.2, 0) is 17.8 Å². The highest BCUT2D eigenvalue weighted by molar-refractivity contribution is 5.80. The minimum Gasteiger partial charge on any atom is -0.347 e. The molecule has 0 bridgehead atoms. The van der Waals surface area contributed by atoms with Crippen LogP contribution in [0, 0.1) is 5.92 Å². The Bertz CT molecular complexity index is 941. The molecule has 0 spiro atoms. The van der Waals surface area contributed by atoms with Crippen LogP contribution in [0.25, 0.3) is 11.1 Å². The standard InChI is InChI=1S/C24H29N5O/c1-2-10-29-12-11-28(17-22-15-26-18-27-22)16-21(24(29)30)13-19-6-3-4-8-23(19)20-7-5-9-25-14-20/h3-9,14-15,18,21H,2,10-13,16-17H2,1H3,(H,26,27)/t21-/m1/s1. The summed E-state index contributed by atoms with van der Waals surface area (Å²) in [6.45, 7) is 6.14. The molecule has 1 atom stereocenters. The Hall–Kier alpha value is -2.99. The number of aromatic nitrogens is 3. The Morgan fingerprint density at radius 3 is 2.77 bits per heavy atom. The molecule has 1 aliphatic rings. The highest BCUT2D eigenvalue weighted by Crippen LogP contribution is 2.27. The first-order valence-electron chi connectivity index (χ1n) is 10.7. The van der Waals surface area contributed by atoms with E-state index in [1.165, 1.54) is 5.56 Å². The number of H-pyrrole nitrogens is 1. The maximum atomic E-state index is 13.4. The molecule has 1 N–H and O–H groups in total. The summed E-state index contributed by atoms with van der Waals surface area (Å²) in [6, 6.07) is 12.4. The molecule has 6 nitrogen and oxygen atoms in total. The van der Waals surface area contributed by atoms with Crippen molar-refractivity contribution in [1.29, 1.82) is 0 Å². The lowest BCUT2D eigenvalue weighted by Gasteiger charge is -2.24. The second-order valence-corrected chi connectivity index (χ2v) is 7.94. The van der Waals surface area contributed by atoms with Crippen molar-refractivity contribution in [2.75, 3.05) is 26.2 Å². The van der Waals surface area contributed by atoms with Crippen molar-refractivity contribution >= 4 is 5.91 Å². The molecular weight excluding hydrogens is 374 g/mol. The summed E-state index contributed by atoms with van der Waals surface area (Å²) in [5.41, 5.74) is 4.53. The summed E-state index contributed by atoms with van der Waals surface area (Å²) in [7, 11) is 0. The van der Waals surface area contributed by atoms with Gasteiger partial charge in [-0.15, -0.1) is 0 Å². The van der Waals surface area contributed by atoms with E-state index < -0.39 is 0 Å². The molecule has 3 heterocycles. The molecule has 2 aromatic heterocycles. The summed E-state index contributed by atoms with van der Waals surface area (Å²) in [5, 5.41) is 0. The van der Waals surface area contributed by atoms with Crippen LogP contribution < -0.4 is 0 Å². The fourth-order valence-corrected chi connectivity index (χ4v) is 4.28. The van der Waals surface area contributed by atoms with Crippen LogP contribution in [0.4, 0.5) is 0 Å². The van der Waals surface area contributed by atoms with Gasteiger partial charge in [0.25, 0.3) is 0 Å². The van der Waals surface area contributed by atoms with Gasteiger partial charge in [-0.1, -0.05) is 37.3 Å². The lowest BCUT2D eigenvalue weighted by atomic mass is 9.91. The van der Waals surface area contributed by atoms with E-state index in [1.54, 1.807) is 12.5 Å². The zero-order chi connectivity index (χ0) is 20.8. The SMILES string of the molecule is CCCN1CCN(Cc2cnc[nH]2)C[C@@H](Cc2ccccc2-c2cccnc2)C1=O. The number of aromatic amines is 1. The van der Waals surface area contributed by atoms with Gasteiger partial charge in [0.1, 0.15) is 0 Å². The van der Waals surface area contributed by atoms with Gasteiger partial charge in [-0.25, -0.2) is 4.98 Å². The number of carbonyl (C=O) groups excluding carboxylic acids is 1. The zero-order valence-electron chi connectivity index (χ0n) is 17.5. The zero-order valence-corrected chi connectivity index (χ0v) is 17.5. The van der Waals surface area contributed by atoms with E-state index in [0.29, 0.717) is 0 Å². The van der Waals surface area contributed by atoms with E-state index in [2.05, 4.69) is 57.1 Å². The Morgan fingerprint density at radius 2 is 2.00 bits per heavy atom. The number of nitrogens with zero attached hydrogens (tertiary/aromatic N) is 4. The number of rotatable bonds is 7. The summed E-state index contributed by atoms with van der Waals surface area (Å²) < 4.78 is 0. The van der Waals surface area contributed by atoms with Gasteiger partial charge >= 0.3 is 0 Å². The lowest BCUT2D eigenvalue weighted by molar-refractivity contribution is -0.134. The van der Waals surface area contributed by atoms with Crippen molar-refractivity contribution in [3.63, 3.8) is 0 Å². The summed E-state index contributed by atoms with van der Waals surface area (Å²) in [5.74, 6) is 0.199. The Morgan fingerprint density at radius 1 is 1.10 bits per heavy atom. The molecular formula is C24H29N5O. The third-order valence-electron chi connectivity index (χ3n) is 5.72. The van der Waals surface area contributed by atoms with Gasteiger partial charge in [0.15, 0.2) is 0 Å². The molecule has 0 aliphatic carbocycles. The number of carbonyl (C=O) groups is 1. The van der Waals surface area contributed by atoms with Crippen molar-refractivity contribution in [1.82, 2.24) is 24.8 Å². The topological polar surface area (TPSA) is 65.1 Å². The fraction of sp³-hybridized carbons (Fsp3) is 0.375. The van der Waals surface area contributed by atoms with Crippen molar-refractivity contribution in [3.8, 4) is 11.1 Å². The molecule has 0 unspecified atom stereocenters. The molecule has 6 heteroatoms. The van der Waals surface area contributed by atoms with Crippen LogP contribution in [0.2, 0.25) is 0 Å². The highest BCUT2D eigenvalue weighted by atomic mass is 16.2. The highest BCUT2D eigenvalue weighted by Gasteiger charge is 2.30. The van der Waals surface area contributed by atoms with Gasteiger partial charge in [0.2, 0.25) is 5.91 Å². The average Bonchev–Trinajstić information content (AvgIpc) is 3.24. The van der Waals surface area contributed by atoms with E-state index >= 15 is 0 Å². The Balaban J connectivity index is 1.59. The first kappa shape index (κ1) is 20.3. The van der Waals surface area contributed by atoms with E-state index in [1.807, 2.05) is 23.4 Å². The number of hydrogen-bond donors (Lipinski definition) is 1. The molecule has 1 aromatic carbocycles. The van der Waals surface area contributed by atoms with Gasteiger partial charge in [0, 0.05) is 62.6 Å². The van der Waals surface area contributed by atoms with Gasteiger partial charge < -0.3 is 9.88 Å². The second kappa shape index (κ2) is 9.67. The number of amides is 1. The van der Waals surface area contributed by atoms with E-state index in [0.717, 1.165) is 62.4 Å². The van der Waals surface area contributed by atoms with Crippen molar-refractivity contribution < 1.29 is 4.79 Å². The van der Waals surface area contributed by atoms with Crippen LogP contribution in [0.3, 0.4) is 0 Å². The van der Waals surface area contributed by atoms with Crippen LogP contribution in [-0.4, -0.2) is 56.8 Å². The first-order valence-corrected chi connectivity index (χ1v) is 10.7.